The fourth-order valence-corrected chi connectivity index (χ4v) is 3.28. The van der Waals surface area contributed by atoms with Gasteiger partial charge in [0.05, 0.1) is 5.92 Å². The predicted octanol–water partition coefficient (Wildman–Crippen LogP) is 4.19. The van der Waals surface area contributed by atoms with Crippen LogP contribution in [0.15, 0.2) is 48.5 Å². The molecule has 0 saturated carbocycles. The third-order valence-electron chi connectivity index (χ3n) is 5.00. The second-order valence-corrected chi connectivity index (χ2v) is 7.50. The number of hydrogen-bond donors (Lipinski definition) is 1. The average Bonchev–Trinajstić information content (AvgIpc) is 3.09. The van der Waals surface area contributed by atoms with Crippen LogP contribution in [0, 0.1) is 5.92 Å². The summed E-state index contributed by atoms with van der Waals surface area (Å²) in [4.78, 5) is 26.4. The average molecular weight is 401 g/mol. The molecule has 2 amide bonds. The van der Waals surface area contributed by atoms with E-state index in [0.29, 0.717) is 23.9 Å². The molecular formula is C22H25ClN2O3. The topological polar surface area (TPSA) is 58.6 Å². The number of amides is 2. The monoisotopic (exact) mass is 400 g/mol. The van der Waals surface area contributed by atoms with Gasteiger partial charge >= 0.3 is 0 Å². The minimum absolute atomic E-state index is 0.0333. The van der Waals surface area contributed by atoms with Gasteiger partial charge in [-0.05, 0) is 43.7 Å². The van der Waals surface area contributed by atoms with Crippen molar-refractivity contribution in [3.8, 4) is 5.75 Å². The van der Waals surface area contributed by atoms with Crippen molar-refractivity contribution in [2.45, 2.75) is 39.3 Å². The van der Waals surface area contributed by atoms with Crippen LogP contribution in [0.5, 0.6) is 5.75 Å². The number of nitrogens with one attached hydrogen (secondary N) is 1. The quantitative estimate of drug-likeness (QED) is 0.758. The Hall–Kier alpha value is -2.53. The molecule has 1 heterocycles. The maximum atomic E-state index is 12.4. The summed E-state index contributed by atoms with van der Waals surface area (Å²) in [5.41, 5.74) is 1.69. The van der Waals surface area contributed by atoms with Crippen molar-refractivity contribution in [3.63, 3.8) is 0 Å². The van der Waals surface area contributed by atoms with Crippen LogP contribution >= 0.6 is 11.6 Å². The summed E-state index contributed by atoms with van der Waals surface area (Å²) < 4.78 is 5.78. The molecule has 2 atom stereocenters. The second-order valence-electron chi connectivity index (χ2n) is 7.10. The van der Waals surface area contributed by atoms with Gasteiger partial charge in [-0.15, -0.1) is 0 Å². The standard InChI is InChI=1S/C22H25ClN2O3/c1-3-15(2)24-22(27)17-12-21(26)25(13-17)18-8-10-19(11-9-18)28-14-16-6-4-5-7-20(16)23/h4-11,15,17H,3,12-14H2,1-2H3,(H,24,27)/t15-,17-/m0/s1. The lowest BCUT2D eigenvalue weighted by atomic mass is 10.1. The molecule has 3 rings (SSSR count). The fraction of sp³-hybridized carbons (Fsp3) is 0.364. The highest BCUT2D eigenvalue weighted by molar-refractivity contribution is 6.31. The molecule has 0 aromatic heterocycles. The molecule has 1 aliphatic heterocycles. The number of ether oxygens (including phenoxy) is 1. The first-order chi connectivity index (χ1) is 13.5. The van der Waals surface area contributed by atoms with Crippen LogP contribution in [0.4, 0.5) is 5.69 Å². The number of carbonyl (C=O) groups excluding carboxylic acids is 2. The molecule has 0 bridgehead atoms. The van der Waals surface area contributed by atoms with Crippen LogP contribution in [0.3, 0.4) is 0 Å². The predicted molar refractivity (Wildman–Crippen MR) is 111 cm³/mol. The molecule has 0 aliphatic carbocycles. The number of halogens is 1. The Bertz CT molecular complexity index is 838. The number of rotatable bonds is 7. The number of carbonyl (C=O) groups is 2. The normalized spacial score (nSPS) is 17.5. The summed E-state index contributed by atoms with van der Waals surface area (Å²) in [6.45, 7) is 4.76. The van der Waals surface area contributed by atoms with Crippen molar-refractivity contribution < 1.29 is 14.3 Å². The largest absolute Gasteiger partial charge is 0.489 e. The Balaban J connectivity index is 1.59. The molecule has 5 nitrogen and oxygen atoms in total. The molecule has 2 aromatic rings. The molecule has 1 fully saturated rings. The van der Waals surface area contributed by atoms with E-state index < -0.39 is 0 Å². The van der Waals surface area contributed by atoms with Crippen molar-refractivity contribution >= 4 is 29.1 Å². The van der Waals surface area contributed by atoms with Gasteiger partial charge in [-0.1, -0.05) is 36.7 Å². The maximum Gasteiger partial charge on any atom is 0.227 e. The van der Waals surface area contributed by atoms with Gasteiger partial charge in [-0.25, -0.2) is 0 Å². The Morgan fingerprint density at radius 1 is 1.25 bits per heavy atom. The fourth-order valence-electron chi connectivity index (χ4n) is 3.09. The molecule has 1 aliphatic rings. The van der Waals surface area contributed by atoms with Gasteiger partial charge in [0.15, 0.2) is 0 Å². The van der Waals surface area contributed by atoms with Crippen LogP contribution in [0.25, 0.3) is 0 Å². The summed E-state index contributed by atoms with van der Waals surface area (Å²) in [6.07, 6.45) is 1.11. The number of benzene rings is 2. The highest BCUT2D eigenvalue weighted by Crippen LogP contribution is 2.27. The van der Waals surface area contributed by atoms with Gasteiger partial charge in [0.25, 0.3) is 0 Å². The lowest BCUT2D eigenvalue weighted by molar-refractivity contribution is -0.126. The van der Waals surface area contributed by atoms with E-state index in [1.54, 1.807) is 4.90 Å². The molecule has 148 valence electrons. The zero-order valence-electron chi connectivity index (χ0n) is 16.2. The first-order valence-electron chi connectivity index (χ1n) is 9.55. The van der Waals surface area contributed by atoms with Gasteiger partial charge in [0, 0.05) is 35.3 Å². The number of nitrogens with zero attached hydrogens (tertiary/aromatic N) is 1. The van der Waals surface area contributed by atoms with Gasteiger partial charge in [-0.2, -0.15) is 0 Å². The van der Waals surface area contributed by atoms with Gasteiger partial charge in [0.1, 0.15) is 12.4 Å². The zero-order chi connectivity index (χ0) is 20.1. The van der Waals surface area contributed by atoms with Gasteiger partial charge < -0.3 is 15.0 Å². The SMILES string of the molecule is CC[C@H](C)NC(=O)[C@H]1CC(=O)N(c2ccc(OCc3ccccc3Cl)cc2)C1. The first kappa shape index (κ1) is 20.2. The van der Waals surface area contributed by atoms with E-state index >= 15 is 0 Å². The molecule has 0 spiro atoms. The van der Waals surface area contributed by atoms with E-state index in [-0.39, 0.29) is 30.2 Å². The molecule has 28 heavy (non-hydrogen) atoms. The lowest BCUT2D eigenvalue weighted by Gasteiger charge is -2.18. The molecule has 1 N–H and O–H groups in total. The molecule has 0 radical (unpaired) electrons. The summed E-state index contributed by atoms with van der Waals surface area (Å²) >= 11 is 6.14. The Morgan fingerprint density at radius 3 is 2.64 bits per heavy atom. The van der Waals surface area contributed by atoms with Crippen molar-refractivity contribution in [1.29, 1.82) is 0 Å². The number of hydrogen-bond acceptors (Lipinski definition) is 3. The molecule has 1 saturated heterocycles. The van der Waals surface area contributed by atoms with E-state index in [9.17, 15) is 9.59 Å². The van der Waals surface area contributed by atoms with E-state index in [2.05, 4.69) is 5.32 Å². The smallest absolute Gasteiger partial charge is 0.227 e. The van der Waals surface area contributed by atoms with E-state index in [1.165, 1.54) is 0 Å². The van der Waals surface area contributed by atoms with E-state index in [0.717, 1.165) is 17.7 Å². The Labute approximate surface area is 170 Å². The van der Waals surface area contributed by atoms with Gasteiger partial charge in [0.2, 0.25) is 11.8 Å². The second kappa shape index (κ2) is 9.11. The van der Waals surface area contributed by atoms with Crippen molar-refractivity contribution in [1.82, 2.24) is 5.32 Å². The van der Waals surface area contributed by atoms with Crippen molar-refractivity contribution in [2.75, 3.05) is 11.4 Å². The summed E-state index contributed by atoms with van der Waals surface area (Å²) in [5, 5.41) is 3.63. The summed E-state index contributed by atoms with van der Waals surface area (Å²) in [7, 11) is 0. The van der Waals surface area contributed by atoms with Crippen molar-refractivity contribution in [2.24, 2.45) is 5.92 Å². The third kappa shape index (κ3) is 4.84. The molecule has 2 aromatic carbocycles. The Morgan fingerprint density at radius 2 is 1.96 bits per heavy atom. The minimum atomic E-state index is -0.308. The molecular weight excluding hydrogens is 376 g/mol. The van der Waals surface area contributed by atoms with Crippen LogP contribution in [0.2, 0.25) is 5.02 Å². The zero-order valence-corrected chi connectivity index (χ0v) is 16.9. The Kier molecular flexibility index (Phi) is 6.57. The summed E-state index contributed by atoms with van der Waals surface area (Å²) in [5.74, 6) is 0.304. The molecule has 6 heteroatoms. The maximum absolute atomic E-state index is 12.4. The third-order valence-corrected chi connectivity index (χ3v) is 5.37. The van der Waals surface area contributed by atoms with Gasteiger partial charge in [-0.3, -0.25) is 9.59 Å². The van der Waals surface area contributed by atoms with E-state index in [1.807, 2.05) is 62.4 Å². The number of anilines is 1. The highest BCUT2D eigenvalue weighted by atomic mass is 35.5. The van der Waals surface area contributed by atoms with E-state index in [4.69, 9.17) is 16.3 Å². The molecule has 0 unspecified atom stereocenters. The van der Waals surface area contributed by atoms with Crippen LogP contribution in [0.1, 0.15) is 32.3 Å². The van der Waals surface area contributed by atoms with Crippen LogP contribution in [-0.2, 0) is 16.2 Å². The van der Waals surface area contributed by atoms with Crippen LogP contribution in [-0.4, -0.2) is 24.4 Å². The first-order valence-corrected chi connectivity index (χ1v) is 9.92. The van der Waals surface area contributed by atoms with Crippen molar-refractivity contribution in [3.05, 3.63) is 59.1 Å². The minimum Gasteiger partial charge on any atom is -0.489 e. The van der Waals surface area contributed by atoms with Crippen LogP contribution < -0.4 is 15.0 Å². The summed E-state index contributed by atoms with van der Waals surface area (Å²) in [6, 6.07) is 15.0. The highest BCUT2D eigenvalue weighted by Gasteiger charge is 2.35. The lowest BCUT2D eigenvalue weighted by Crippen LogP contribution is -2.38.